The van der Waals surface area contributed by atoms with E-state index in [1.54, 1.807) is 13.8 Å². The van der Waals surface area contributed by atoms with Crippen LogP contribution in [0.3, 0.4) is 0 Å². The summed E-state index contributed by atoms with van der Waals surface area (Å²) < 4.78 is 16.6. The van der Waals surface area contributed by atoms with Gasteiger partial charge in [-0.1, -0.05) is 44.7 Å². The van der Waals surface area contributed by atoms with Gasteiger partial charge in [0.2, 0.25) is 0 Å². The molecular formula is C29H46N2O5. The number of ether oxygens (including phenoxy) is 3. The van der Waals surface area contributed by atoms with Crippen LogP contribution in [0.2, 0.25) is 0 Å². The summed E-state index contributed by atoms with van der Waals surface area (Å²) >= 11 is 0. The Morgan fingerprint density at radius 1 is 1.03 bits per heavy atom. The molecule has 2 unspecified atom stereocenters. The van der Waals surface area contributed by atoms with Crippen molar-refractivity contribution in [3.05, 3.63) is 41.2 Å². The molecule has 36 heavy (non-hydrogen) atoms. The largest absolute Gasteiger partial charge is 0.498 e. The summed E-state index contributed by atoms with van der Waals surface area (Å²) in [5, 5.41) is 6.15. The van der Waals surface area contributed by atoms with Crippen LogP contribution in [0.5, 0.6) is 5.75 Å². The van der Waals surface area contributed by atoms with E-state index in [-0.39, 0.29) is 11.8 Å². The minimum atomic E-state index is -0.648. The standard InChI is InChI=1S/C29H46N2O5/c1-5-24-14-16-26(17-15-24)36-20-11-9-7-6-8-10-19-35-23(3)22(2)28(32)31-27(29(33)34-4)25-13-12-18-30-21-25/h14-17,25,27,30H,5-13,18-21H2,1-4H3,(H,31,32). The first-order valence-electron chi connectivity index (χ1n) is 13.6. The number of methoxy groups -OCH3 is 1. The molecular weight excluding hydrogens is 456 g/mol. The second-order valence-electron chi connectivity index (χ2n) is 9.58. The molecule has 0 bridgehead atoms. The van der Waals surface area contributed by atoms with Gasteiger partial charge in [0.25, 0.3) is 5.91 Å². The lowest BCUT2D eigenvalue weighted by molar-refractivity contribution is -0.146. The van der Waals surface area contributed by atoms with Crippen molar-refractivity contribution in [3.63, 3.8) is 0 Å². The van der Waals surface area contributed by atoms with E-state index in [1.807, 2.05) is 12.1 Å². The molecule has 1 aromatic carbocycles. The van der Waals surface area contributed by atoms with E-state index in [4.69, 9.17) is 14.2 Å². The van der Waals surface area contributed by atoms with Crippen molar-refractivity contribution < 1.29 is 23.8 Å². The van der Waals surface area contributed by atoms with Crippen LogP contribution >= 0.6 is 0 Å². The molecule has 2 rings (SSSR count). The molecule has 0 saturated carbocycles. The number of nitrogens with one attached hydrogen (secondary N) is 2. The number of piperidine rings is 1. The summed E-state index contributed by atoms with van der Waals surface area (Å²) in [4.78, 5) is 25.0. The number of benzene rings is 1. The third-order valence-corrected chi connectivity index (χ3v) is 6.87. The van der Waals surface area contributed by atoms with Crippen molar-refractivity contribution in [2.45, 2.75) is 84.6 Å². The van der Waals surface area contributed by atoms with Gasteiger partial charge in [-0.15, -0.1) is 0 Å². The fourth-order valence-electron chi connectivity index (χ4n) is 4.32. The van der Waals surface area contributed by atoms with Crippen LogP contribution in [0.1, 0.15) is 77.7 Å². The Morgan fingerprint density at radius 2 is 1.69 bits per heavy atom. The minimum Gasteiger partial charge on any atom is -0.498 e. The van der Waals surface area contributed by atoms with E-state index in [0.29, 0.717) is 24.5 Å². The van der Waals surface area contributed by atoms with E-state index in [0.717, 1.165) is 70.3 Å². The number of unbranched alkanes of at least 4 members (excludes halogenated alkanes) is 5. The smallest absolute Gasteiger partial charge is 0.328 e. The number of amides is 1. The molecule has 1 aliphatic rings. The van der Waals surface area contributed by atoms with E-state index in [1.165, 1.54) is 19.1 Å². The Hall–Kier alpha value is -2.54. The summed E-state index contributed by atoms with van der Waals surface area (Å²) in [5.74, 6) is 0.895. The van der Waals surface area contributed by atoms with Gasteiger partial charge in [-0.05, 0) is 70.2 Å². The first kappa shape index (κ1) is 29.7. The third-order valence-electron chi connectivity index (χ3n) is 6.87. The molecule has 0 spiro atoms. The number of aryl methyl sites for hydroxylation is 1. The molecule has 202 valence electrons. The number of hydrogen-bond acceptors (Lipinski definition) is 6. The van der Waals surface area contributed by atoms with Gasteiger partial charge in [0.05, 0.1) is 25.9 Å². The number of allylic oxidation sites excluding steroid dienone is 1. The Kier molecular flexibility index (Phi) is 14.0. The van der Waals surface area contributed by atoms with Crippen LogP contribution in [0.25, 0.3) is 0 Å². The lowest BCUT2D eigenvalue weighted by Crippen LogP contribution is -2.51. The number of esters is 1. The number of hydrogen-bond donors (Lipinski definition) is 2. The highest BCUT2D eigenvalue weighted by Crippen LogP contribution is 2.17. The Bertz CT molecular complexity index is 815. The molecule has 7 heteroatoms. The lowest BCUT2D eigenvalue weighted by atomic mass is 9.91. The summed E-state index contributed by atoms with van der Waals surface area (Å²) in [5.41, 5.74) is 1.83. The molecule has 0 aliphatic carbocycles. The van der Waals surface area contributed by atoms with Crippen molar-refractivity contribution in [3.8, 4) is 5.75 Å². The summed E-state index contributed by atoms with van der Waals surface area (Å²) in [7, 11) is 1.36. The molecule has 1 heterocycles. The first-order chi connectivity index (χ1) is 17.5. The van der Waals surface area contributed by atoms with Crippen LogP contribution in [0, 0.1) is 5.92 Å². The second kappa shape index (κ2) is 17.0. The zero-order chi connectivity index (χ0) is 26.2. The summed E-state index contributed by atoms with van der Waals surface area (Å²) in [6, 6.07) is 7.69. The van der Waals surface area contributed by atoms with E-state index < -0.39 is 12.0 Å². The fourth-order valence-corrected chi connectivity index (χ4v) is 4.32. The third kappa shape index (κ3) is 10.6. The maximum absolute atomic E-state index is 12.8. The molecule has 2 atom stereocenters. The Balaban J connectivity index is 1.58. The molecule has 1 saturated heterocycles. The van der Waals surface area contributed by atoms with Crippen molar-refractivity contribution in [1.82, 2.24) is 10.6 Å². The zero-order valence-corrected chi connectivity index (χ0v) is 22.7. The van der Waals surface area contributed by atoms with Gasteiger partial charge in [-0.25, -0.2) is 4.79 Å². The van der Waals surface area contributed by atoms with Crippen molar-refractivity contribution in [2.24, 2.45) is 5.92 Å². The maximum atomic E-state index is 12.8. The molecule has 1 aromatic rings. The van der Waals surface area contributed by atoms with Gasteiger partial charge in [0.1, 0.15) is 17.6 Å². The zero-order valence-electron chi connectivity index (χ0n) is 22.7. The topological polar surface area (TPSA) is 85.9 Å². The lowest BCUT2D eigenvalue weighted by Gasteiger charge is -2.29. The van der Waals surface area contributed by atoms with E-state index in [2.05, 4.69) is 29.7 Å². The number of carbonyl (C=O) groups excluding carboxylic acids is 2. The monoisotopic (exact) mass is 502 g/mol. The molecule has 1 amide bonds. The van der Waals surface area contributed by atoms with Crippen LogP contribution < -0.4 is 15.4 Å². The van der Waals surface area contributed by atoms with Crippen molar-refractivity contribution >= 4 is 11.9 Å². The minimum absolute atomic E-state index is 0.0306. The molecule has 1 fully saturated rings. The normalized spacial score (nSPS) is 17.1. The van der Waals surface area contributed by atoms with Crippen molar-refractivity contribution in [2.75, 3.05) is 33.4 Å². The highest BCUT2D eigenvalue weighted by molar-refractivity contribution is 5.96. The average molecular weight is 503 g/mol. The predicted molar refractivity (Wildman–Crippen MR) is 143 cm³/mol. The number of rotatable bonds is 16. The van der Waals surface area contributed by atoms with Gasteiger partial charge in [-0.2, -0.15) is 0 Å². The highest BCUT2D eigenvalue weighted by Gasteiger charge is 2.32. The van der Waals surface area contributed by atoms with Crippen LogP contribution in [-0.4, -0.2) is 51.3 Å². The quantitative estimate of drug-likeness (QED) is 0.144. The van der Waals surface area contributed by atoms with Crippen LogP contribution in [0.4, 0.5) is 0 Å². The molecule has 2 N–H and O–H groups in total. The fraction of sp³-hybridized carbons (Fsp3) is 0.655. The highest BCUT2D eigenvalue weighted by atomic mass is 16.5. The van der Waals surface area contributed by atoms with E-state index in [9.17, 15) is 9.59 Å². The van der Waals surface area contributed by atoms with E-state index >= 15 is 0 Å². The van der Waals surface area contributed by atoms with Gasteiger partial charge in [-0.3, -0.25) is 4.79 Å². The van der Waals surface area contributed by atoms with Gasteiger partial charge in [0, 0.05) is 12.5 Å². The average Bonchev–Trinajstić information content (AvgIpc) is 2.92. The Morgan fingerprint density at radius 3 is 2.31 bits per heavy atom. The molecule has 0 radical (unpaired) electrons. The molecule has 1 aliphatic heterocycles. The first-order valence-corrected chi connectivity index (χ1v) is 13.6. The van der Waals surface area contributed by atoms with Gasteiger partial charge < -0.3 is 24.8 Å². The van der Waals surface area contributed by atoms with Crippen LogP contribution in [-0.2, 0) is 25.5 Å². The SMILES string of the molecule is CCc1ccc(OCCCCCCCCOC(C)=C(C)C(=O)NC(C(=O)OC)C2CCCNC2)cc1. The molecule has 0 aromatic heterocycles. The van der Waals surface area contributed by atoms with Gasteiger partial charge in [0.15, 0.2) is 0 Å². The summed E-state index contributed by atoms with van der Waals surface area (Å²) in [6.07, 6.45) is 9.51. The Labute approximate surface area is 217 Å². The van der Waals surface area contributed by atoms with Gasteiger partial charge >= 0.3 is 5.97 Å². The molecule has 7 nitrogen and oxygen atoms in total. The predicted octanol–water partition coefficient (Wildman–Crippen LogP) is 4.94. The second-order valence-corrected chi connectivity index (χ2v) is 9.58. The van der Waals surface area contributed by atoms with Crippen molar-refractivity contribution in [1.29, 1.82) is 0 Å². The number of carbonyl (C=O) groups is 2. The summed E-state index contributed by atoms with van der Waals surface area (Å²) in [6.45, 7) is 8.66. The maximum Gasteiger partial charge on any atom is 0.328 e. The van der Waals surface area contributed by atoms with Crippen LogP contribution in [0.15, 0.2) is 35.6 Å².